The van der Waals surface area contributed by atoms with Gasteiger partial charge in [0.05, 0.1) is 5.37 Å². The third-order valence-electron chi connectivity index (χ3n) is 3.64. The Morgan fingerprint density at radius 1 is 1.21 bits per heavy atom. The number of carboxylic acids is 1. The Balaban J connectivity index is 1.76. The molecule has 2 N–H and O–H groups in total. The monoisotopic (exact) mass is 471 g/mol. The zero-order valence-corrected chi connectivity index (χ0v) is 16.5. The van der Waals surface area contributed by atoms with Crippen LogP contribution in [0.1, 0.15) is 16.5 Å². The quantitative estimate of drug-likeness (QED) is 0.666. The Bertz CT molecular complexity index is 739. The SMILES string of the molecule is O=C(O)C1CSC(c2cc(Br)ccc2OCc2ccc(Br)cc2)N1. The second kappa shape index (κ2) is 7.91. The van der Waals surface area contributed by atoms with Crippen molar-refractivity contribution in [2.24, 2.45) is 0 Å². The molecular weight excluding hydrogens is 458 g/mol. The molecule has 0 aliphatic carbocycles. The highest BCUT2D eigenvalue weighted by atomic mass is 79.9. The average Bonchev–Trinajstić information content (AvgIpc) is 3.05. The molecule has 0 amide bonds. The summed E-state index contributed by atoms with van der Waals surface area (Å²) in [4.78, 5) is 11.1. The minimum Gasteiger partial charge on any atom is -0.489 e. The molecule has 2 aromatic carbocycles. The lowest BCUT2D eigenvalue weighted by Gasteiger charge is -2.17. The molecule has 2 aromatic rings. The van der Waals surface area contributed by atoms with Gasteiger partial charge in [-0.05, 0) is 35.9 Å². The van der Waals surface area contributed by atoms with Gasteiger partial charge in [0.15, 0.2) is 0 Å². The second-order valence-electron chi connectivity index (χ2n) is 5.37. The lowest BCUT2D eigenvalue weighted by Crippen LogP contribution is -2.33. The molecule has 1 aliphatic rings. The van der Waals surface area contributed by atoms with Crippen LogP contribution < -0.4 is 10.1 Å². The molecule has 2 atom stereocenters. The summed E-state index contributed by atoms with van der Waals surface area (Å²) in [5.74, 6) is 0.480. The van der Waals surface area contributed by atoms with Crippen LogP contribution >= 0.6 is 43.6 Å². The minimum atomic E-state index is -0.822. The van der Waals surface area contributed by atoms with Crippen molar-refractivity contribution >= 4 is 49.6 Å². The zero-order valence-electron chi connectivity index (χ0n) is 12.5. The molecule has 4 nitrogen and oxygen atoms in total. The van der Waals surface area contributed by atoms with Crippen LogP contribution in [0.5, 0.6) is 5.75 Å². The molecule has 3 rings (SSSR count). The molecule has 126 valence electrons. The van der Waals surface area contributed by atoms with E-state index in [-0.39, 0.29) is 5.37 Å². The van der Waals surface area contributed by atoms with Crippen molar-refractivity contribution < 1.29 is 14.6 Å². The fraction of sp³-hybridized carbons (Fsp3) is 0.235. The van der Waals surface area contributed by atoms with E-state index in [0.717, 1.165) is 25.8 Å². The number of halogens is 2. The van der Waals surface area contributed by atoms with Crippen LogP contribution in [0.15, 0.2) is 51.4 Å². The molecule has 1 fully saturated rings. The van der Waals surface area contributed by atoms with E-state index in [0.29, 0.717) is 12.4 Å². The topological polar surface area (TPSA) is 58.6 Å². The van der Waals surface area contributed by atoms with Crippen molar-refractivity contribution in [2.45, 2.75) is 18.0 Å². The molecule has 1 aliphatic heterocycles. The molecule has 0 radical (unpaired) electrons. The average molecular weight is 473 g/mol. The Kier molecular flexibility index (Phi) is 5.86. The number of thioether (sulfide) groups is 1. The molecule has 0 bridgehead atoms. The summed E-state index contributed by atoms with van der Waals surface area (Å²) in [5, 5.41) is 12.2. The molecule has 24 heavy (non-hydrogen) atoms. The van der Waals surface area contributed by atoms with Crippen molar-refractivity contribution in [1.82, 2.24) is 5.32 Å². The van der Waals surface area contributed by atoms with Crippen LogP contribution in [-0.2, 0) is 11.4 Å². The molecule has 2 unspecified atom stereocenters. The normalized spacial score (nSPS) is 20.1. The third-order valence-corrected chi connectivity index (χ3v) is 5.91. The van der Waals surface area contributed by atoms with Crippen molar-refractivity contribution in [3.63, 3.8) is 0 Å². The first-order chi connectivity index (χ1) is 11.5. The van der Waals surface area contributed by atoms with E-state index < -0.39 is 12.0 Å². The van der Waals surface area contributed by atoms with E-state index in [4.69, 9.17) is 9.84 Å². The maximum atomic E-state index is 11.1. The summed E-state index contributed by atoms with van der Waals surface area (Å²) in [6.07, 6.45) is 0. The van der Waals surface area contributed by atoms with E-state index in [1.807, 2.05) is 42.5 Å². The number of ether oxygens (including phenoxy) is 1. The first-order valence-corrected chi connectivity index (χ1v) is 9.93. The van der Waals surface area contributed by atoms with Gasteiger partial charge in [-0.3, -0.25) is 10.1 Å². The highest BCUT2D eigenvalue weighted by Gasteiger charge is 2.32. The third kappa shape index (κ3) is 4.33. The summed E-state index contributed by atoms with van der Waals surface area (Å²) in [6.45, 7) is 0.460. The number of hydrogen-bond donors (Lipinski definition) is 2. The Hall–Kier alpha value is -1.02. The van der Waals surface area contributed by atoms with E-state index in [1.54, 1.807) is 11.8 Å². The van der Waals surface area contributed by atoms with E-state index >= 15 is 0 Å². The van der Waals surface area contributed by atoms with Crippen molar-refractivity contribution in [3.8, 4) is 5.75 Å². The number of aliphatic carboxylic acids is 1. The lowest BCUT2D eigenvalue weighted by molar-refractivity contribution is -0.138. The van der Waals surface area contributed by atoms with Gasteiger partial charge in [-0.15, -0.1) is 11.8 Å². The molecule has 1 heterocycles. The maximum Gasteiger partial charge on any atom is 0.321 e. The van der Waals surface area contributed by atoms with Gasteiger partial charge >= 0.3 is 5.97 Å². The number of hydrogen-bond acceptors (Lipinski definition) is 4. The molecular formula is C17H15Br2NO3S. The fourth-order valence-electron chi connectivity index (χ4n) is 2.39. The highest BCUT2D eigenvalue weighted by Crippen LogP contribution is 2.39. The summed E-state index contributed by atoms with van der Waals surface area (Å²) in [6, 6.07) is 13.3. The fourth-order valence-corrected chi connectivity index (χ4v) is 4.28. The lowest BCUT2D eigenvalue weighted by atomic mass is 10.2. The van der Waals surface area contributed by atoms with Gasteiger partial charge in [0.25, 0.3) is 0 Å². The standard InChI is InChI=1S/C17H15Br2NO3S/c18-11-3-1-10(2-4-11)8-23-15-6-5-12(19)7-13(15)16-20-14(9-24-16)17(21)22/h1-7,14,16,20H,8-9H2,(H,21,22). The second-order valence-corrected chi connectivity index (χ2v) is 8.34. The van der Waals surface area contributed by atoms with Gasteiger partial charge in [-0.2, -0.15) is 0 Å². The predicted molar refractivity (Wildman–Crippen MR) is 102 cm³/mol. The van der Waals surface area contributed by atoms with Gasteiger partial charge in [-0.25, -0.2) is 0 Å². The Morgan fingerprint density at radius 2 is 1.92 bits per heavy atom. The van der Waals surface area contributed by atoms with Crippen LogP contribution in [0.4, 0.5) is 0 Å². The van der Waals surface area contributed by atoms with Crippen LogP contribution in [-0.4, -0.2) is 22.9 Å². The van der Waals surface area contributed by atoms with Crippen molar-refractivity contribution in [2.75, 3.05) is 5.75 Å². The molecule has 0 spiro atoms. The van der Waals surface area contributed by atoms with Gasteiger partial charge in [-0.1, -0.05) is 44.0 Å². The highest BCUT2D eigenvalue weighted by molar-refractivity contribution is 9.10. The van der Waals surface area contributed by atoms with Gasteiger partial charge in [0.2, 0.25) is 0 Å². The number of carbonyl (C=O) groups is 1. The largest absolute Gasteiger partial charge is 0.489 e. The molecule has 0 saturated carbocycles. The van der Waals surface area contributed by atoms with Gasteiger partial charge in [0, 0.05) is 20.3 Å². The molecule has 1 saturated heterocycles. The van der Waals surface area contributed by atoms with Crippen LogP contribution in [0, 0.1) is 0 Å². The zero-order chi connectivity index (χ0) is 17.1. The van der Waals surface area contributed by atoms with Crippen LogP contribution in [0.25, 0.3) is 0 Å². The van der Waals surface area contributed by atoms with E-state index in [1.165, 1.54) is 0 Å². The Labute approximate surface area is 161 Å². The summed E-state index contributed by atoms with van der Waals surface area (Å²) in [5.41, 5.74) is 2.03. The number of benzene rings is 2. The first-order valence-electron chi connectivity index (χ1n) is 7.30. The Morgan fingerprint density at radius 3 is 2.58 bits per heavy atom. The predicted octanol–water partition coefficient (Wildman–Crippen LogP) is 4.58. The molecule has 7 heteroatoms. The summed E-state index contributed by atoms with van der Waals surface area (Å²) < 4.78 is 7.96. The summed E-state index contributed by atoms with van der Waals surface area (Å²) in [7, 11) is 0. The van der Waals surface area contributed by atoms with Crippen molar-refractivity contribution in [1.29, 1.82) is 0 Å². The maximum absolute atomic E-state index is 11.1. The number of rotatable bonds is 5. The van der Waals surface area contributed by atoms with Gasteiger partial charge < -0.3 is 9.84 Å². The van der Waals surface area contributed by atoms with Crippen LogP contribution in [0.2, 0.25) is 0 Å². The summed E-state index contributed by atoms with van der Waals surface area (Å²) >= 11 is 8.47. The number of carboxylic acid groups (broad SMARTS) is 1. The van der Waals surface area contributed by atoms with Crippen LogP contribution in [0.3, 0.4) is 0 Å². The van der Waals surface area contributed by atoms with Crippen molar-refractivity contribution in [3.05, 3.63) is 62.5 Å². The van der Waals surface area contributed by atoms with E-state index in [9.17, 15) is 4.79 Å². The van der Waals surface area contributed by atoms with Gasteiger partial charge in [0.1, 0.15) is 18.4 Å². The van der Waals surface area contributed by atoms with E-state index in [2.05, 4.69) is 37.2 Å². The smallest absolute Gasteiger partial charge is 0.321 e. The number of nitrogens with one attached hydrogen (secondary N) is 1. The minimum absolute atomic E-state index is 0.0940. The first kappa shape index (κ1) is 17.8. The molecule has 0 aromatic heterocycles.